The summed E-state index contributed by atoms with van der Waals surface area (Å²) in [6, 6.07) is 10.4. The first-order chi connectivity index (χ1) is 11.8. The molecule has 2 heterocycles. The lowest BCUT2D eigenvalue weighted by Gasteiger charge is -2.32. The van der Waals surface area contributed by atoms with Crippen LogP contribution < -0.4 is 5.32 Å². The molecule has 0 saturated carbocycles. The molecule has 2 aromatic rings. The first-order valence-electron chi connectivity index (χ1n) is 8.71. The van der Waals surface area contributed by atoms with E-state index in [0.29, 0.717) is 24.8 Å². The Hall–Kier alpha value is -2.14. The molecule has 1 aromatic carbocycles. The number of likely N-dealkylation sites (N-methyl/N-ethyl adjacent to an activating group) is 1. The van der Waals surface area contributed by atoms with E-state index in [1.165, 1.54) is 0 Å². The van der Waals surface area contributed by atoms with E-state index in [-0.39, 0.29) is 5.91 Å². The Morgan fingerprint density at radius 1 is 1.38 bits per heavy atom. The Labute approximate surface area is 143 Å². The van der Waals surface area contributed by atoms with Crippen LogP contribution in [-0.2, 0) is 11.2 Å². The molecule has 128 valence electrons. The molecule has 0 radical (unpaired) electrons. The van der Waals surface area contributed by atoms with Gasteiger partial charge in [-0.3, -0.25) is 4.79 Å². The molecule has 3 rings (SSSR count). The van der Waals surface area contributed by atoms with Gasteiger partial charge in [-0.05, 0) is 26.3 Å². The second-order valence-electron chi connectivity index (χ2n) is 6.31. The van der Waals surface area contributed by atoms with E-state index >= 15 is 0 Å². The molecular weight excluding hydrogens is 302 g/mol. The van der Waals surface area contributed by atoms with Crippen molar-refractivity contribution in [2.75, 3.05) is 20.1 Å². The fourth-order valence-corrected chi connectivity index (χ4v) is 3.15. The van der Waals surface area contributed by atoms with Gasteiger partial charge in [0, 0.05) is 37.5 Å². The molecule has 1 N–H and O–H groups in total. The van der Waals surface area contributed by atoms with Crippen LogP contribution in [0.5, 0.6) is 0 Å². The number of carbonyl (C=O) groups excluding carboxylic acids is 1. The average Bonchev–Trinajstić information content (AvgIpc) is 3.11. The highest BCUT2D eigenvalue weighted by Crippen LogP contribution is 2.20. The van der Waals surface area contributed by atoms with Crippen LogP contribution in [0, 0.1) is 0 Å². The van der Waals surface area contributed by atoms with E-state index in [1.54, 1.807) is 6.20 Å². The van der Waals surface area contributed by atoms with Crippen LogP contribution in [0.1, 0.15) is 31.6 Å². The minimum atomic E-state index is 0.241. The molecular formula is C19H25N3O2. The predicted molar refractivity (Wildman–Crippen MR) is 93.5 cm³/mol. The summed E-state index contributed by atoms with van der Waals surface area (Å²) in [5, 5.41) is 3.27. The third-order valence-electron chi connectivity index (χ3n) is 4.58. The topological polar surface area (TPSA) is 58.4 Å². The highest BCUT2D eigenvalue weighted by molar-refractivity contribution is 5.76. The zero-order chi connectivity index (χ0) is 16.8. The number of oxazole rings is 1. The minimum Gasteiger partial charge on any atom is -0.441 e. The molecule has 24 heavy (non-hydrogen) atoms. The SMILES string of the molecule is CNC1CCCN(C(=O)CCCc2ncc(-c3ccccc3)o2)C1. The predicted octanol–water partition coefficient (Wildman–Crippen LogP) is 2.87. The Balaban J connectivity index is 1.46. The highest BCUT2D eigenvalue weighted by Gasteiger charge is 2.22. The lowest BCUT2D eigenvalue weighted by molar-refractivity contribution is -0.132. The van der Waals surface area contributed by atoms with Gasteiger partial charge in [0.1, 0.15) is 0 Å². The van der Waals surface area contributed by atoms with E-state index in [0.717, 1.165) is 43.7 Å². The van der Waals surface area contributed by atoms with Crippen molar-refractivity contribution in [3.63, 3.8) is 0 Å². The van der Waals surface area contributed by atoms with Crippen molar-refractivity contribution in [2.24, 2.45) is 0 Å². The van der Waals surface area contributed by atoms with Gasteiger partial charge in [0.25, 0.3) is 0 Å². The molecule has 5 nitrogen and oxygen atoms in total. The molecule has 1 aromatic heterocycles. The second-order valence-corrected chi connectivity index (χ2v) is 6.31. The molecule has 1 unspecified atom stereocenters. The number of piperidine rings is 1. The van der Waals surface area contributed by atoms with Crippen LogP contribution in [0.3, 0.4) is 0 Å². The number of aryl methyl sites for hydroxylation is 1. The lowest BCUT2D eigenvalue weighted by Crippen LogP contribution is -2.46. The Morgan fingerprint density at radius 3 is 3.00 bits per heavy atom. The van der Waals surface area contributed by atoms with Crippen LogP contribution in [0.4, 0.5) is 0 Å². The summed E-state index contributed by atoms with van der Waals surface area (Å²) in [5.41, 5.74) is 1.03. The minimum absolute atomic E-state index is 0.241. The number of aromatic nitrogens is 1. The standard InChI is InChI=1S/C19H25N3O2/c1-20-16-9-6-12-22(14-16)19(23)11-5-10-18-21-13-17(24-18)15-7-3-2-4-8-15/h2-4,7-8,13,16,20H,5-6,9-12,14H2,1H3. The summed E-state index contributed by atoms with van der Waals surface area (Å²) in [6.07, 6.45) is 6.01. The zero-order valence-corrected chi connectivity index (χ0v) is 14.2. The first-order valence-corrected chi connectivity index (χ1v) is 8.71. The first kappa shape index (κ1) is 16.7. The van der Waals surface area contributed by atoms with Gasteiger partial charge in [0.15, 0.2) is 11.7 Å². The molecule has 1 saturated heterocycles. The summed E-state index contributed by atoms with van der Waals surface area (Å²) in [4.78, 5) is 18.6. The van der Waals surface area contributed by atoms with Gasteiger partial charge in [-0.1, -0.05) is 30.3 Å². The second kappa shape index (κ2) is 8.11. The van der Waals surface area contributed by atoms with Gasteiger partial charge in [0.2, 0.25) is 5.91 Å². The molecule has 1 atom stereocenters. The fourth-order valence-electron chi connectivity index (χ4n) is 3.15. The summed E-state index contributed by atoms with van der Waals surface area (Å²) in [5.74, 6) is 1.73. The molecule has 0 aliphatic carbocycles. The van der Waals surface area contributed by atoms with Crippen molar-refractivity contribution in [1.82, 2.24) is 15.2 Å². The summed E-state index contributed by atoms with van der Waals surface area (Å²) >= 11 is 0. The Bertz CT molecular complexity index is 654. The lowest BCUT2D eigenvalue weighted by atomic mass is 10.1. The van der Waals surface area contributed by atoms with Crippen LogP contribution in [-0.4, -0.2) is 42.0 Å². The van der Waals surface area contributed by atoms with Crippen LogP contribution in [0.15, 0.2) is 40.9 Å². The number of nitrogens with one attached hydrogen (secondary N) is 1. The quantitative estimate of drug-likeness (QED) is 0.886. The zero-order valence-electron chi connectivity index (χ0n) is 14.2. The van der Waals surface area contributed by atoms with E-state index < -0.39 is 0 Å². The van der Waals surface area contributed by atoms with Gasteiger partial charge < -0.3 is 14.6 Å². The fraction of sp³-hybridized carbons (Fsp3) is 0.474. The molecule has 0 bridgehead atoms. The maximum atomic E-state index is 12.3. The van der Waals surface area contributed by atoms with Gasteiger partial charge in [-0.25, -0.2) is 4.98 Å². The van der Waals surface area contributed by atoms with Crippen molar-refractivity contribution >= 4 is 5.91 Å². The van der Waals surface area contributed by atoms with Gasteiger partial charge >= 0.3 is 0 Å². The number of rotatable bonds is 6. The molecule has 0 spiro atoms. The van der Waals surface area contributed by atoms with E-state index in [9.17, 15) is 4.79 Å². The number of nitrogens with zero attached hydrogens (tertiary/aromatic N) is 2. The molecule has 1 aliphatic heterocycles. The number of amides is 1. The average molecular weight is 327 g/mol. The smallest absolute Gasteiger partial charge is 0.222 e. The van der Waals surface area contributed by atoms with Gasteiger partial charge in [0.05, 0.1) is 6.20 Å². The largest absolute Gasteiger partial charge is 0.441 e. The number of hydrogen-bond acceptors (Lipinski definition) is 4. The maximum Gasteiger partial charge on any atom is 0.222 e. The number of benzene rings is 1. The van der Waals surface area contributed by atoms with Crippen molar-refractivity contribution in [3.8, 4) is 11.3 Å². The molecule has 1 amide bonds. The van der Waals surface area contributed by atoms with Crippen molar-refractivity contribution in [3.05, 3.63) is 42.4 Å². The summed E-state index contributed by atoms with van der Waals surface area (Å²) in [7, 11) is 1.96. The van der Waals surface area contributed by atoms with Gasteiger partial charge in [-0.15, -0.1) is 0 Å². The number of hydrogen-bond donors (Lipinski definition) is 1. The third-order valence-corrected chi connectivity index (χ3v) is 4.58. The van der Waals surface area contributed by atoms with E-state index in [1.807, 2.05) is 42.3 Å². The Kier molecular flexibility index (Phi) is 5.64. The number of likely N-dealkylation sites (tertiary alicyclic amines) is 1. The maximum absolute atomic E-state index is 12.3. The molecule has 1 aliphatic rings. The van der Waals surface area contributed by atoms with Crippen LogP contribution in [0.2, 0.25) is 0 Å². The molecule has 1 fully saturated rings. The van der Waals surface area contributed by atoms with Crippen molar-refractivity contribution < 1.29 is 9.21 Å². The summed E-state index contributed by atoms with van der Waals surface area (Å²) in [6.45, 7) is 1.71. The normalized spacial score (nSPS) is 17.9. The van der Waals surface area contributed by atoms with Crippen LogP contribution >= 0.6 is 0 Å². The van der Waals surface area contributed by atoms with E-state index in [2.05, 4.69) is 10.3 Å². The van der Waals surface area contributed by atoms with Gasteiger partial charge in [-0.2, -0.15) is 0 Å². The third kappa shape index (κ3) is 4.23. The van der Waals surface area contributed by atoms with E-state index in [4.69, 9.17) is 4.42 Å². The summed E-state index contributed by atoms with van der Waals surface area (Å²) < 4.78 is 5.79. The number of carbonyl (C=O) groups is 1. The van der Waals surface area contributed by atoms with Crippen molar-refractivity contribution in [1.29, 1.82) is 0 Å². The van der Waals surface area contributed by atoms with Crippen LogP contribution in [0.25, 0.3) is 11.3 Å². The Morgan fingerprint density at radius 2 is 2.21 bits per heavy atom. The highest BCUT2D eigenvalue weighted by atomic mass is 16.4. The van der Waals surface area contributed by atoms with Crippen molar-refractivity contribution in [2.45, 2.75) is 38.1 Å². The molecule has 5 heteroatoms. The monoisotopic (exact) mass is 327 g/mol.